The summed E-state index contributed by atoms with van der Waals surface area (Å²) in [6, 6.07) is 11.2. The van der Waals surface area contributed by atoms with Gasteiger partial charge >= 0.3 is 5.76 Å². The molecule has 2 fully saturated rings. The number of aromatic nitrogens is 1. The lowest BCUT2D eigenvalue weighted by atomic mass is 9.99. The molecule has 5 rings (SSSR count). The molecule has 2 N–H and O–H groups in total. The number of hydrogen-bond donors (Lipinski definition) is 2. The lowest BCUT2D eigenvalue weighted by Gasteiger charge is -2.26. The van der Waals surface area contributed by atoms with Crippen LogP contribution in [0.25, 0.3) is 22.2 Å². The van der Waals surface area contributed by atoms with Crippen LogP contribution in [0.5, 0.6) is 0 Å². The Morgan fingerprint density at radius 1 is 1.21 bits per heavy atom. The van der Waals surface area contributed by atoms with E-state index in [4.69, 9.17) is 18.6 Å². The van der Waals surface area contributed by atoms with E-state index in [2.05, 4.69) is 21.6 Å². The Morgan fingerprint density at radius 3 is 2.76 bits per heavy atom. The SMILES string of the molecule is COC1CCNCC(C(=O)NC(C#N)Cc2ccc(-c3ccc4oc(=O)n(CCN5CCOCC5)c4c3)cc2F)OC1. The maximum Gasteiger partial charge on any atom is 0.419 e. The molecule has 2 aliphatic heterocycles. The molecule has 3 unspecified atom stereocenters. The van der Waals surface area contributed by atoms with E-state index < -0.39 is 29.6 Å². The summed E-state index contributed by atoms with van der Waals surface area (Å²) < 4.78 is 38.7. The van der Waals surface area contributed by atoms with E-state index in [1.807, 2.05) is 6.07 Å². The number of nitrogens with one attached hydrogen (secondary N) is 2. The molecular weight excluding hydrogens is 545 g/mol. The first-order valence-corrected chi connectivity index (χ1v) is 14.2. The summed E-state index contributed by atoms with van der Waals surface area (Å²) in [5, 5.41) is 15.5. The van der Waals surface area contributed by atoms with Gasteiger partial charge in [0.2, 0.25) is 0 Å². The highest BCUT2D eigenvalue weighted by Gasteiger charge is 2.26. The van der Waals surface area contributed by atoms with Crippen molar-refractivity contribution in [2.45, 2.75) is 37.6 Å². The molecular formula is C30H36FN5O6. The van der Waals surface area contributed by atoms with Gasteiger partial charge in [0.05, 0.1) is 37.5 Å². The first-order chi connectivity index (χ1) is 20.4. The summed E-state index contributed by atoms with van der Waals surface area (Å²) >= 11 is 0. The van der Waals surface area contributed by atoms with Gasteiger partial charge in [-0.1, -0.05) is 18.2 Å². The molecule has 3 aromatic rings. The summed E-state index contributed by atoms with van der Waals surface area (Å²) in [6.45, 7) is 5.43. The minimum Gasteiger partial charge on any atom is -0.408 e. The van der Waals surface area contributed by atoms with Crippen LogP contribution in [0, 0.1) is 17.1 Å². The minimum absolute atomic E-state index is 0.00293. The molecule has 12 heteroatoms. The van der Waals surface area contributed by atoms with Gasteiger partial charge in [-0.15, -0.1) is 0 Å². The predicted molar refractivity (Wildman–Crippen MR) is 152 cm³/mol. The number of oxazole rings is 1. The molecule has 3 heterocycles. The Morgan fingerprint density at radius 2 is 2.00 bits per heavy atom. The van der Waals surface area contributed by atoms with E-state index >= 15 is 4.39 Å². The fourth-order valence-corrected chi connectivity index (χ4v) is 5.24. The lowest BCUT2D eigenvalue weighted by molar-refractivity contribution is -0.136. The van der Waals surface area contributed by atoms with Gasteiger partial charge in [0, 0.05) is 46.3 Å². The third-order valence-corrected chi connectivity index (χ3v) is 7.78. The molecule has 2 saturated heterocycles. The molecule has 1 aromatic heterocycles. The molecule has 1 amide bonds. The number of rotatable bonds is 9. The van der Waals surface area contributed by atoms with Crippen LogP contribution in [-0.4, -0.2) is 93.3 Å². The fraction of sp³-hybridized carbons (Fsp3) is 0.500. The first kappa shape index (κ1) is 29.9. The smallest absolute Gasteiger partial charge is 0.408 e. The Labute approximate surface area is 243 Å². The van der Waals surface area contributed by atoms with Crippen molar-refractivity contribution < 1.29 is 27.8 Å². The zero-order valence-electron chi connectivity index (χ0n) is 23.6. The monoisotopic (exact) mass is 581 g/mol. The molecule has 2 aliphatic rings. The molecule has 0 radical (unpaired) electrons. The Kier molecular flexibility index (Phi) is 9.99. The molecule has 3 atom stereocenters. The van der Waals surface area contributed by atoms with E-state index in [1.165, 1.54) is 6.07 Å². The van der Waals surface area contributed by atoms with Crippen molar-refractivity contribution in [3.8, 4) is 17.2 Å². The van der Waals surface area contributed by atoms with Crippen molar-refractivity contribution in [1.29, 1.82) is 5.26 Å². The van der Waals surface area contributed by atoms with Gasteiger partial charge in [-0.2, -0.15) is 5.26 Å². The van der Waals surface area contributed by atoms with Crippen molar-refractivity contribution >= 4 is 17.0 Å². The van der Waals surface area contributed by atoms with Crippen LogP contribution in [0.15, 0.2) is 45.6 Å². The van der Waals surface area contributed by atoms with E-state index in [-0.39, 0.29) is 19.1 Å². The maximum atomic E-state index is 15.3. The summed E-state index contributed by atoms with van der Waals surface area (Å²) in [5.74, 6) is -1.36. The maximum absolute atomic E-state index is 15.3. The first-order valence-electron chi connectivity index (χ1n) is 14.2. The van der Waals surface area contributed by atoms with Crippen LogP contribution < -0.4 is 16.4 Å². The normalized spacial score (nSPS) is 20.9. The molecule has 0 spiro atoms. The van der Waals surface area contributed by atoms with Crippen molar-refractivity contribution in [1.82, 2.24) is 20.1 Å². The second-order valence-electron chi connectivity index (χ2n) is 10.5. The van der Waals surface area contributed by atoms with Crippen molar-refractivity contribution in [2.75, 3.05) is 59.7 Å². The number of nitrogens with zero attached hydrogens (tertiary/aromatic N) is 3. The van der Waals surface area contributed by atoms with Crippen LogP contribution in [-0.2, 0) is 32.0 Å². The quantitative estimate of drug-likeness (QED) is 0.388. The number of halogens is 1. The van der Waals surface area contributed by atoms with Crippen LogP contribution in [0.2, 0.25) is 0 Å². The minimum atomic E-state index is -0.937. The summed E-state index contributed by atoms with van der Waals surface area (Å²) in [4.78, 5) is 27.6. The zero-order chi connectivity index (χ0) is 29.5. The molecule has 0 saturated carbocycles. The number of morpholine rings is 1. The van der Waals surface area contributed by atoms with Gasteiger partial charge in [-0.3, -0.25) is 14.3 Å². The van der Waals surface area contributed by atoms with Gasteiger partial charge in [-0.25, -0.2) is 9.18 Å². The number of hydrogen-bond acceptors (Lipinski definition) is 9. The second-order valence-corrected chi connectivity index (χ2v) is 10.5. The molecule has 11 nitrogen and oxygen atoms in total. The highest BCUT2D eigenvalue weighted by Crippen LogP contribution is 2.26. The summed E-state index contributed by atoms with van der Waals surface area (Å²) in [7, 11) is 1.60. The van der Waals surface area contributed by atoms with E-state index in [9.17, 15) is 14.9 Å². The molecule has 0 bridgehead atoms. The third kappa shape index (κ3) is 7.24. The van der Waals surface area contributed by atoms with E-state index in [0.717, 1.165) is 25.1 Å². The average molecular weight is 582 g/mol. The van der Waals surface area contributed by atoms with Crippen molar-refractivity contribution in [3.63, 3.8) is 0 Å². The van der Waals surface area contributed by atoms with Crippen LogP contribution in [0.3, 0.4) is 0 Å². The van der Waals surface area contributed by atoms with Gasteiger partial charge in [0.25, 0.3) is 5.91 Å². The predicted octanol–water partition coefficient (Wildman–Crippen LogP) is 1.68. The fourth-order valence-electron chi connectivity index (χ4n) is 5.24. The van der Waals surface area contributed by atoms with Gasteiger partial charge in [-0.05, 0) is 47.9 Å². The third-order valence-electron chi connectivity index (χ3n) is 7.78. The number of amides is 1. The van der Waals surface area contributed by atoms with Gasteiger partial charge in [0.15, 0.2) is 5.58 Å². The standard InChI is InChI=1S/C30H36FN5O6/c1-39-24-6-7-33-18-28(41-19-24)29(37)34-23(17-32)14-22-3-2-20(15-25(22)31)21-4-5-27-26(16-21)36(30(38)42-27)9-8-35-10-12-40-13-11-35/h2-5,15-16,23-24,28,33H,6-14,18-19H2,1H3,(H,34,37). The van der Waals surface area contributed by atoms with Crippen molar-refractivity contribution in [2.24, 2.45) is 0 Å². The number of fused-ring (bicyclic) bond motifs is 1. The molecule has 42 heavy (non-hydrogen) atoms. The Hall–Kier alpha value is -3.60. The summed E-state index contributed by atoms with van der Waals surface area (Å²) in [5.41, 5.74) is 2.75. The molecule has 0 aliphatic carbocycles. The molecule has 2 aromatic carbocycles. The lowest BCUT2D eigenvalue weighted by Crippen LogP contribution is -2.49. The van der Waals surface area contributed by atoms with Gasteiger partial charge in [0.1, 0.15) is 18.0 Å². The number of carbonyl (C=O) groups excluding carboxylic acids is 1. The topological polar surface area (TPSA) is 131 Å². The van der Waals surface area contributed by atoms with E-state index in [0.29, 0.717) is 61.6 Å². The zero-order valence-corrected chi connectivity index (χ0v) is 23.6. The van der Waals surface area contributed by atoms with Gasteiger partial charge < -0.3 is 29.3 Å². The Balaban J connectivity index is 1.26. The highest BCUT2D eigenvalue weighted by atomic mass is 19.1. The largest absolute Gasteiger partial charge is 0.419 e. The second kappa shape index (κ2) is 14.0. The Bertz CT molecular complexity index is 1480. The number of carbonyl (C=O) groups is 1. The number of nitriles is 1. The van der Waals surface area contributed by atoms with E-state index in [1.54, 1.807) is 35.9 Å². The molecule has 224 valence electrons. The van der Waals surface area contributed by atoms with Crippen molar-refractivity contribution in [3.05, 3.63) is 58.3 Å². The van der Waals surface area contributed by atoms with Crippen LogP contribution in [0.1, 0.15) is 12.0 Å². The van der Waals surface area contributed by atoms with Crippen LogP contribution in [0.4, 0.5) is 4.39 Å². The van der Waals surface area contributed by atoms with Crippen LogP contribution >= 0.6 is 0 Å². The summed E-state index contributed by atoms with van der Waals surface area (Å²) in [6.07, 6.45) is -0.137. The average Bonchev–Trinajstić information content (AvgIpc) is 3.31. The number of ether oxygens (including phenoxy) is 3. The number of benzene rings is 2. The number of methoxy groups -OCH3 is 1. The highest BCUT2D eigenvalue weighted by molar-refractivity contribution is 5.82.